The van der Waals surface area contributed by atoms with Gasteiger partial charge in [0.25, 0.3) is 0 Å². The second-order valence-corrected chi connectivity index (χ2v) is 17.2. The molecule has 58 heavy (non-hydrogen) atoms. The predicted octanol–water partition coefficient (Wildman–Crippen LogP) is 11.9. The van der Waals surface area contributed by atoms with E-state index in [2.05, 4.69) is 217 Å². The minimum Gasteiger partial charge on any atom is -0.367 e. The number of hydrogen-bond acceptors (Lipinski definition) is 4. The maximum Gasteiger partial charge on any atom is 0.169 e. The van der Waals surface area contributed by atoms with Gasteiger partial charge in [0, 0.05) is 61.2 Å². The lowest BCUT2D eigenvalue weighted by Crippen LogP contribution is -2.77. The average molecular weight is 809 g/mol. The summed E-state index contributed by atoms with van der Waals surface area (Å²) in [4.78, 5) is 5.08. The highest BCUT2D eigenvalue weighted by atomic mass is 33.1. The number of pyridine rings is 1. The van der Waals surface area contributed by atoms with Crippen LogP contribution in [-0.2, 0) is 19.6 Å². The second-order valence-electron chi connectivity index (χ2n) is 14.5. The van der Waals surface area contributed by atoms with E-state index in [0.29, 0.717) is 0 Å². The van der Waals surface area contributed by atoms with Gasteiger partial charge in [0.15, 0.2) is 12.4 Å². The average Bonchev–Trinajstić information content (AvgIpc) is 3.28. The third-order valence-electron chi connectivity index (χ3n) is 10.1. The van der Waals surface area contributed by atoms with Crippen molar-refractivity contribution in [1.82, 2.24) is 0 Å². The molecule has 0 spiro atoms. The first-order valence-electron chi connectivity index (χ1n) is 21.2. The van der Waals surface area contributed by atoms with Crippen LogP contribution in [0.1, 0.15) is 74.3 Å². The maximum atomic E-state index is 2.54. The van der Waals surface area contributed by atoms with Gasteiger partial charge in [-0.15, -0.1) is 0 Å². The Morgan fingerprint density at radius 2 is 1.05 bits per heavy atom. The molecule has 0 amide bonds. The number of rotatable bonds is 25. The van der Waals surface area contributed by atoms with Gasteiger partial charge in [-0.2, -0.15) is 0 Å². The van der Waals surface area contributed by atoms with Gasteiger partial charge in [-0.05, 0) is 110 Å². The Balaban J connectivity index is 1.04. The van der Waals surface area contributed by atoms with Gasteiger partial charge in [0.1, 0.15) is 6.54 Å². The topological polar surface area (TPSA) is 27.0 Å². The highest BCUT2D eigenvalue weighted by Gasteiger charge is 2.10. The van der Waals surface area contributed by atoms with Gasteiger partial charge in [0.2, 0.25) is 0 Å². The number of benzene rings is 4. The van der Waals surface area contributed by atoms with Crippen molar-refractivity contribution in [2.24, 2.45) is 0 Å². The Morgan fingerprint density at radius 3 is 1.52 bits per heavy atom. The number of nitrogens with two attached hydrogens (primary N) is 1. The van der Waals surface area contributed by atoms with Crippen molar-refractivity contribution in [2.45, 2.75) is 66.1 Å². The Morgan fingerprint density at radius 1 is 0.569 bits per heavy atom. The molecule has 0 radical (unpaired) electrons. The molecule has 1 aromatic heterocycles. The van der Waals surface area contributed by atoms with Gasteiger partial charge < -0.3 is 15.1 Å². The molecule has 0 bridgehead atoms. The van der Waals surface area contributed by atoms with Crippen molar-refractivity contribution >= 4 is 51.2 Å². The first kappa shape index (κ1) is 44.4. The van der Waals surface area contributed by atoms with Crippen LogP contribution < -0.4 is 19.7 Å². The fourth-order valence-electron chi connectivity index (χ4n) is 6.58. The van der Waals surface area contributed by atoms with Crippen LogP contribution in [0.15, 0.2) is 164 Å². The van der Waals surface area contributed by atoms with Crippen LogP contribution >= 0.6 is 21.6 Å². The van der Waals surface area contributed by atoms with Crippen LogP contribution in [0.2, 0.25) is 0 Å². The summed E-state index contributed by atoms with van der Waals surface area (Å²) < 4.78 is 2.18. The number of aryl methyl sites for hydroxylation is 1. The molecule has 0 aliphatic rings. The summed E-state index contributed by atoms with van der Waals surface area (Å²) in [6, 6.07) is 44.2. The quantitative estimate of drug-likeness (QED) is 0.0275. The fourth-order valence-corrected chi connectivity index (χ4v) is 8.88. The zero-order chi connectivity index (χ0) is 40.5. The van der Waals surface area contributed by atoms with E-state index in [9.17, 15) is 0 Å². The third kappa shape index (κ3) is 16.2. The van der Waals surface area contributed by atoms with E-state index in [0.717, 1.165) is 39.3 Å². The molecular weight excluding hydrogens is 745 g/mol. The molecule has 0 saturated carbocycles. The third-order valence-corrected chi connectivity index (χ3v) is 12.6. The minimum atomic E-state index is 0.926. The summed E-state index contributed by atoms with van der Waals surface area (Å²) in [6.45, 7) is 12.4. The second kappa shape index (κ2) is 26.3. The standard InChI is InChI=1S/C52H63N4S2/c1-4-45(33-36-53-5-2)21-22-46-25-29-51(30-26-46)55(43-49-17-9-7-10-18-49)37-13-15-41-57-58-42-16-14-38-56(44-50-19-11-8-12-20-50)52-31-27-47(28-32-52)23-24-48-34-39-54(6-3)40-35-48/h4,7-12,17-36,39-40,53H,5-6,13-16,37-38,41-44H2,1-3H3/q+1/p+1/b22-21+,36-33-,45-4-. The molecule has 6 heteroatoms. The minimum absolute atomic E-state index is 0.926. The monoisotopic (exact) mass is 808 g/mol. The van der Waals surface area contributed by atoms with E-state index in [-0.39, 0.29) is 0 Å². The smallest absolute Gasteiger partial charge is 0.169 e. The van der Waals surface area contributed by atoms with Gasteiger partial charge in [-0.25, -0.2) is 4.57 Å². The van der Waals surface area contributed by atoms with Crippen LogP contribution in [0.4, 0.5) is 11.4 Å². The Bertz CT molecular complexity index is 1970. The van der Waals surface area contributed by atoms with Crippen LogP contribution in [-0.4, -0.2) is 31.1 Å². The van der Waals surface area contributed by atoms with Gasteiger partial charge in [0.05, 0.1) is 12.7 Å². The first-order chi connectivity index (χ1) is 28.6. The number of nitrogens with zero attached hydrogens (tertiary/aromatic N) is 3. The molecule has 0 saturated heterocycles. The van der Waals surface area contributed by atoms with Crippen molar-refractivity contribution in [1.29, 1.82) is 0 Å². The summed E-state index contributed by atoms with van der Waals surface area (Å²) in [7, 11) is 4.09. The molecule has 4 aromatic carbocycles. The van der Waals surface area contributed by atoms with E-state index < -0.39 is 0 Å². The molecule has 1 heterocycles. The van der Waals surface area contributed by atoms with Crippen LogP contribution in [0.25, 0.3) is 18.2 Å². The molecule has 0 aliphatic carbocycles. The highest BCUT2D eigenvalue weighted by Crippen LogP contribution is 2.26. The maximum absolute atomic E-state index is 2.54. The summed E-state index contributed by atoms with van der Waals surface area (Å²) >= 11 is 0. The number of hydrogen-bond donors (Lipinski definition) is 1. The highest BCUT2D eigenvalue weighted by molar-refractivity contribution is 8.76. The number of allylic oxidation sites excluding steroid dienone is 4. The molecule has 302 valence electrons. The number of anilines is 2. The molecule has 0 aliphatic heterocycles. The number of quaternary nitrogens is 1. The summed E-state index contributed by atoms with van der Waals surface area (Å²) in [5.41, 5.74) is 10.2. The SMILES string of the molecule is C/C=C(\C=C/[NH2+]CC)/C=C/c1ccc(N(CCCCSSCCCCN(Cc2ccccc2)c2ccc(/C=C/c3cc[n+](CC)cc3)cc2)Cc2ccccc2)cc1. The summed E-state index contributed by atoms with van der Waals surface area (Å²) in [5, 5.41) is 2.18. The lowest BCUT2D eigenvalue weighted by atomic mass is 10.1. The fraction of sp³-hybridized carbons (Fsp3) is 0.288. The van der Waals surface area contributed by atoms with E-state index in [1.807, 2.05) is 21.6 Å². The molecule has 5 aromatic rings. The van der Waals surface area contributed by atoms with Crippen LogP contribution in [0, 0.1) is 0 Å². The number of aromatic nitrogens is 1. The normalized spacial score (nSPS) is 11.9. The van der Waals surface area contributed by atoms with Crippen molar-refractivity contribution < 1.29 is 9.88 Å². The van der Waals surface area contributed by atoms with Crippen LogP contribution in [0.3, 0.4) is 0 Å². The molecule has 5 rings (SSSR count). The zero-order valence-electron chi connectivity index (χ0n) is 35.0. The summed E-state index contributed by atoms with van der Waals surface area (Å²) in [6.07, 6.45) is 24.3. The van der Waals surface area contributed by atoms with Crippen molar-refractivity contribution in [3.8, 4) is 0 Å². The largest absolute Gasteiger partial charge is 0.367 e. The molecular formula is C52H64N4S2+2. The van der Waals surface area contributed by atoms with E-state index in [1.165, 1.54) is 82.0 Å². The molecule has 2 N–H and O–H groups in total. The Labute approximate surface area is 357 Å². The Kier molecular flexibility index (Phi) is 20.1. The van der Waals surface area contributed by atoms with Crippen molar-refractivity contribution in [3.63, 3.8) is 0 Å². The van der Waals surface area contributed by atoms with E-state index >= 15 is 0 Å². The predicted molar refractivity (Wildman–Crippen MR) is 257 cm³/mol. The van der Waals surface area contributed by atoms with Gasteiger partial charge in [-0.3, -0.25) is 0 Å². The number of unbranched alkanes of at least 4 members (excludes halogenated alkanes) is 2. The van der Waals surface area contributed by atoms with Gasteiger partial charge >= 0.3 is 0 Å². The Hall–Kier alpha value is -4.75. The zero-order valence-corrected chi connectivity index (χ0v) is 36.6. The van der Waals surface area contributed by atoms with E-state index in [1.54, 1.807) is 0 Å². The van der Waals surface area contributed by atoms with Crippen molar-refractivity contribution in [2.75, 3.05) is 40.9 Å². The molecule has 0 atom stereocenters. The molecule has 0 unspecified atom stereocenters. The first-order valence-corrected chi connectivity index (χ1v) is 23.7. The lowest BCUT2D eigenvalue weighted by Gasteiger charge is -2.25. The van der Waals surface area contributed by atoms with Crippen LogP contribution in [0.5, 0.6) is 0 Å². The summed E-state index contributed by atoms with van der Waals surface area (Å²) in [5.74, 6) is 2.38. The lowest BCUT2D eigenvalue weighted by molar-refractivity contribution is -0.693. The molecule has 0 fully saturated rings. The van der Waals surface area contributed by atoms with E-state index in [4.69, 9.17) is 0 Å². The molecule has 4 nitrogen and oxygen atoms in total. The van der Waals surface area contributed by atoms with Crippen molar-refractivity contribution in [3.05, 3.63) is 192 Å². The van der Waals surface area contributed by atoms with Gasteiger partial charge in [-0.1, -0.05) is 137 Å².